The van der Waals surface area contributed by atoms with Crippen LogP contribution in [0, 0.1) is 0 Å². The van der Waals surface area contributed by atoms with Crippen LogP contribution in [0.15, 0.2) is 53.1 Å². The molecule has 0 atom stereocenters. The fourth-order valence-corrected chi connectivity index (χ4v) is 2.58. The molecule has 7 heteroatoms. The summed E-state index contributed by atoms with van der Waals surface area (Å²) >= 11 is 12.0. The minimum absolute atomic E-state index is 0.300. The second-order valence-electron chi connectivity index (χ2n) is 4.65. The minimum Gasteiger partial charge on any atom is -0.444 e. The summed E-state index contributed by atoms with van der Waals surface area (Å²) in [5.74, 6) is 4.59. The molecule has 0 aliphatic rings. The Morgan fingerprint density at radius 2 is 2.00 bits per heavy atom. The number of nitrogens with zero attached hydrogens (tertiary/aromatic N) is 1. The maximum absolute atomic E-state index is 11.5. The maximum Gasteiger partial charge on any atom is 0.356 e. The van der Waals surface area contributed by atoms with Gasteiger partial charge in [-0.15, -0.1) is 0 Å². The zero-order chi connectivity index (χ0) is 16.4. The van der Waals surface area contributed by atoms with Crippen LogP contribution < -0.4 is 5.90 Å². The van der Waals surface area contributed by atoms with E-state index in [1.165, 1.54) is 6.26 Å². The van der Waals surface area contributed by atoms with Crippen LogP contribution in [-0.4, -0.2) is 11.0 Å². The van der Waals surface area contributed by atoms with Gasteiger partial charge in [0, 0.05) is 16.1 Å². The lowest BCUT2D eigenvalue weighted by Crippen LogP contribution is -2.09. The number of rotatable bonds is 3. The number of oxazole rings is 1. The van der Waals surface area contributed by atoms with Crippen molar-refractivity contribution in [2.75, 3.05) is 0 Å². The van der Waals surface area contributed by atoms with E-state index in [-0.39, 0.29) is 0 Å². The topological polar surface area (TPSA) is 78.4 Å². The van der Waals surface area contributed by atoms with E-state index in [0.717, 1.165) is 0 Å². The summed E-state index contributed by atoms with van der Waals surface area (Å²) < 4.78 is 5.47. The molecule has 5 nitrogen and oxygen atoms in total. The predicted molar refractivity (Wildman–Crippen MR) is 87.0 cm³/mol. The maximum atomic E-state index is 11.5. The van der Waals surface area contributed by atoms with Crippen molar-refractivity contribution in [3.8, 4) is 22.7 Å². The van der Waals surface area contributed by atoms with Gasteiger partial charge < -0.3 is 9.25 Å². The van der Waals surface area contributed by atoms with E-state index in [2.05, 4.69) is 9.82 Å². The molecule has 0 amide bonds. The highest BCUT2D eigenvalue weighted by molar-refractivity contribution is 6.36. The van der Waals surface area contributed by atoms with Crippen LogP contribution in [0.3, 0.4) is 0 Å². The van der Waals surface area contributed by atoms with Gasteiger partial charge in [0.2, 0.25) is 5.89 Å². The molecule has 0 unspecified atom stereocenters. The second kappa shape index (κ2) is 6.42. The first-order valence-electron chi connectivity index (χ1n) is 6.51. The molecule has 2 aromatic carbocycles. The first kappa shape index (κ1) is 15.6. The molecule has 2 N–H and O–H groups in total. The lowest BCUT2D eigenvalue weighted by Gasteiger charge is -2.01. The van der Waals surface area contributed by atoms with Crippen molar-refractivity contribution in [1.29, 1.82) is 0 Å². The molecule has 0 aliphatic carbocycles. The van der Waals surface area contributed by atoms with Crippen LogP contribution in [0.2, 0.25) is 10.0 Å². The third kappa shape index (κ3) is 3.22. The fraction of sp³-hybridized carbons (Fsp3) is 0. The van der Waals surface area contributed by atoms with Crippen molar-refractivity contribution in [3.05, 3.63) is 64.3 Å². The quantitative estimate of drug-likeness (QED) is 0.712. The van der Waals surface area contributed by atoms with Gasteiger partial charge in [0.15, 0.2) is 0 Å². The van der Waals surface area contributed by atoms with Crippen molar-refractivity contribution in [2.45, 2.75) is 0 Å². The summed E-state index contributed by atoms with van der Waals surface area (Å²) in [6, 6.07) is 11.7. The van der Waals surface area contributed by atoms with Gasteiger partial charge in [0.1, 0.15) is 12.0 Å². The standard InChI is InChI=1S/C16H10Cl2N2O3/c17-11-4-5-12(13(18)7-11)14-8-22-15(20-14)9-2-1-3-10(6-9)16(21)23-19/h1-8H,19H2. The highest BCUT2D eigenvalue weighted by Gasteiger charge is 2.13. The molecule has 0 bridgehead atoms. The molecule has 0 saturated heterocycles. The van der Waals surface area contributed by atoms with Crippen molar-refractivity contribution < 1.29 is 14.0 Å². The molecule has 0 aliphatic heterocycles. The zero-order valence-corrected chi connectivity index (χ0v) is 13.1. The molecule has 0 radical (unpaired) electrons. The number of benzene rings is 2. The Balaban J connectivity index is 1.97. The molecule has 1 aromatic heterocycles. The van der Waals surface area contributed by atoms with E-state index < -0.39 is 5.97 Å². The smallest absolute Gasteiger partial charge is 0.356 e. The van der Waals surface area contributed by atoms with Crippen molar-refractivity contribution in [3.63, 3.8) is 0 Å². The molecule has 0 spiro atoms. The largest absolute Gasteiger partial charge is 0.444 e. The number of carbonyl (C=O) groups excluding carboxylic acids is 1. The monoisotopic (exact) mass is 348 g/mol. The Morgan fingerprint density at radius 1 is 1.17 bits per heavy atom. The van der Waals surface area contributed by atoms with E-state index in [1.54, 1.807) is 42.5 Å². The Hall–Kier alpha value is -2.34. The summed E-state index contributed by atoms with van der Waals surface area (Å²) in [4.78, 5) is 20.1. The molecule has 0 fully saturated rings. The van der Waals surface area contributed by atoms with Crippen molar-refractivity contribution in [1.82, 2.24) is 4.98 Å². The number of carbonyl (C=O) groups is 1. The first-order valence-corrected chi connectivity index (χ1v) is 7.26. The summed E-state index contributed by atoms with van der Waals surface area (Å²) in [7, 11) is 0. The van der Waals surface area contributed by atoms with Crippen molar-refractivity contribution in [2.24, 2.45) is 5.90 Å². The zero-order valence-electron chi connectivity index (χ0n) is 11.6. The number of nitrogens with two attached hydrogens (primary N) is 1. The normalized spacial score (nSPS) is 10.6. The fourth-order valence-electron chi connectivity index (χ4n) is 2.07. The number of hydrogen-bond donors (Lipinski definition) is 1. The SMILES string of the molecule is NOC(=O)c1cccc(-c2nc(-c3ccc(Cl)cc3Cl)co2)c1. The summed E-state index contributed by atoms with van der Waals surface area (Å²) in [5, 5.41) is 1.01. The molecule has 3 aromatic rings. The predicted octanol–water partition coefficient (Wildman–Crippen LogP) is 4.35. The van der Waals surface area contributed by atoms with Crippen LogP contribution >= 0.6 is 23.2 Å². The summed E-state index contributed by atoms with van der Waals surface area (Å²) in [5.41, 5.74) is 2.18. The van der Waals surface area contributed by atoms with Crippen LogP contribution in [0.25, 0.3) is 22.7 Å². The molecular formula is C16H10Cl2N2O3. The molecule has 0 saturated carbocycles. The highest BCUT2D eigenvalue weighted by Crippen LogP contribution is 2.31. The highest BCUT2D eigenvalue weighted by atomic mass is 35.5. The van der Waals surface area contributed by atoms with Gasteiger partial charge >= 0.3 is 5.97 Å². The number of hydrogen-bond acceptors (Lipinski definition) is 5. The molecule has 116 valence electrons. The molecule has 3 rings (SSSR count). The van der Waals surface area contributed by atoms with Gasteiger partial charge in [-0.3, -0.25) is 0 Å². The number of halogens is 2. The van der Waals surface area contributed by atoms with Crippen LogP contribution in [-0.2, 0) is 4.84 Å². The first-order chi connectivity index (χ1) is 11.1. The second-order valence-corrected chi connectivity index (χ2v) is 5.49. The molecule has 1 heterocycles. The Morgan fingerprint density at radius 3 is 2.74 bits per heavy atom. The Labute approximate surface area is 141 Å². The Kier molecular flexibility index (Phi) is 4.34. The van der Waals surface area contributed by atoms with Gasteiger partial charge in [0.05, 0.1) is 10.6 Å². The van der Waals surface area contributed by atoms with Crippen LogP contribution in [0.4, 0.5) is 0 Å². The number of aromatic nitrogens is 1. The lowest BCUT2D eigenvalue weighted by atomic mass is 10.1. The van der Waals surface area contributed by atoms with Gasteiger partial charge in [0.25, 0.3) is 0 Å². The molecular weight excluding hydrogens is 339 g/mol. The lowest BCUT2D eigenvalue weighted by molar-refractivity contribution is 0.0503. The van der Waals surface area contributed by atoms with Gasteiger partial charge in [-0.2, -0.15) is 5.90 Å². The van der Waals surface area contributed by atoms with E-state index in [1.807, 2.05) is 0 Å². The summed E-state index contributed by atoms with van der Waals surface area (Å²) in [6.07, 6.45) is 1.48. The Bertz CT molecular complexity index is 877. The van der Waals surface area contributed by atoms with Crippen molar-refractivity contribution >= 4 is 29.2 Å². The van der Waals surface area contributed by atoms with E-state index >= 15 is 0 Å². The van der Waals surface area contributed by atoms with Gasteiger partial charge in [-0.1, -0.05) is 29.3 Å². The minimum atomic E-state index is -0.639. The third-order valence-corrected chi connectivity index (χ3v) is 3.71. The van der Waals surface area contributed by atoms with E-state index in [4.69, 9.17) is 33.5 Å². The average molecular weight is 349 g/mol. The average Bonchev–Trinajstić information content (AvgIpc) is 3.04. The van der Waals surface area contributed by atoms with Crippen LogP contribution in [0.1, 0.15) is 10.4 Å². The van der Waals surface area contributed by atoms with Crippen LogP contribution in [0.5, 0.6) is 0 Å². The molecule has 23 heavy (non-hydrogen) atoms. The van der Waals surface area contributed by atoms with E-state index in [9.17, 15) is 4.79 Å². The van der Waals surface area contributed by atoms with E-state index in [0.29, 0.717) is 38.3 Å². The van der Waals surface area contributed by atoms with Gasteiger partial charge in [-0.05, 0) is 36.4 Å². The summed E-state index contributed by atoms with van der Waals surface area (Å²) in [6.45, 7) is 0. The van der Waals surface area contributed by atoms with Gasteiger partial charge in [-0.25, -0.2) is 9.78 Å². The third-order valence-electron chi connectivity index (χ3n) is 3.16.